The van der Waals surface area contributed by atoms with E-state index in [4.69, 9.17) is 4.74 Å². The molecule has 0 fully saturated rings. The van der Waals surface area contributed by atoms with Crippen LogP contribution in [0.3, 0.4) is 0 Å². The van der Waals surface area contributed by atoms with Gasteiger partial charge in [-0.05, 0) is 38.8 Å². The molecule has 1 heterocycles. The minimum absolute atomic E-state index is 0. The Morgan fingerprint density at radius 2 is 1.96 bits per heavy atom. The maximum atomic E-state index is 11.2. The first-order valence-electron chi connectivity index (χ1n) is 8.31. The van der Waals surface area contributed by atoms with Crippen molar-refractivity contribution in [3.63, 3.8) is 0 Å². The molecule has 1 rings (SSSR count). The summed E-state index contributed by atoms with van der Waals surface area (Å²) in [6.45, 7) is 6.12. The fourth-order valence-corrected chi connectivity index (χ4v) is 2.99. The number of ether oxygens (including phenoxy) is 1. The van der Waals surface area contributed by atoms with E-state index in [0.29, 0.717) is 13.0 Å². The van der Waals surface area contributed by atoms with Crippen LogP contribution >= 0.6 is 35.3 Å². The van der Waals surface area contributed by atoms with Gasteiger partial charge >= 0.3 is 5.97 Å². The number of nitrogens with zero attached hydrogens (tertiary/aromatic N) is 1. The molecule has 0 saturated heterocycles. The lowest BCUT2D eigenvalue weighted by Crippen LogP contribution is -2.37. The van der Waals surface area contributed by atoms with Crippen molar-refractivity contribution in [2.45, 2.75) is 52.5 Å². The van der Waals surface area contributed by atoms with Crippen LogP contribution in [0.5, 0.6) is 0 Å². The Balaban J connectivity index is 0.00000529. The first-order valence-corrected chi connectivity index (χ1v) is 9.12. The van der Waals surface area contributed by atoms with Crippen molar-refractivity contribution in [3.05, 3.63) is 21.9 Å². The van der Waals surface area contributed by atoms with Crippen molar-refractivity contribution in [2.24, 2.45) is 4.99 Å². The van der Waals surface area contributed by atoms with Crippen molar-refractivity contribution in [1.29, 1.82) is 0 Å². The second-order valence-electron chi connectivity index (χ2n) is 5.33. The summed E-state index contributed by atoms with van der Waals surface area (Å²) in [6, 6.07) is 4.28. The van der Waals surface area contributed by atoms with Crippen molar-refractivity contribution >= 4 is 47.2 Å². The number of esters is 1. The standard InChI is InChI=1S/C17H29N3O2S.HI/c1-4-22-16(21)9-7-5-6-8-12-19-17(18-3)20-13-15-11-10-14(2)23-15;/h10-11H,4-9,12-13H2,1-3H3,(H2,18,19,20);1H. The third-order valence-corrected chi connectivity index (χ3v) is 4.36. The maximum absolute atomic E-state index is 11.2. The quantitative estimate of drug-likeness (QED) is 0.180. The lowest BCUT2D eigenvalue weighted by Gasteiger charge is -2.11. The van der Waals surface area contributed by atoms with Crippen LogP contribution in [-0.2, 0) is 16.1 Å². The summed E-state index contributed by atoms with van der Waals surface area (Å²) < 4.78 is 4.91. The molecular weight excluding hydrogens is 437 g/mol. The number of unbranched alkanes of at least 4 members (excludes halogenated alkanes) is 3. The number of hydrogen-bond donors (Lipinski definition) is 2. The van der Waals surface area contributed by atoms with Gasteiger partial charge < -0.3 is 15.4 Å². The second kappa shape index (κ2) is 14.5. The summed E-state index contributed by atoms with van der Waals surface area (Å²) in [5.41, 5.74) is 0. The third-order valence-electron chi connectivity index (χ3n) is 3.36. The summed E-state index contributed by atoms with van der Waals surface area (Å²) in [5, 5.41) is 6.64. The largest absolute Gasteiger partial charge is 0.466 e. The van der Waals surface area contributed by atoms with Crippen molar-refractivity contribution in [2.75, 3.05) is 20.2 Å². The van der Waals surface area contributed by atoms with E-state index in [9.17, 15) is 4.79 Å². The van der Waals surface area contributed by atoms with Gasteiger partial charge in [0, 0.05) is 29.8 Å². The normalized spacial score (nSPS) is 10.9. The van der Waals surface area contributed by atoms with E-state index in [2.05, 4.69) is 34.7 Å². The molecule has 0 amide bonds. The fraction of sp³-hybridized carbons (Fsp3) is 0.647. The molecule has 0 unspecified atom stereocenters. The van der Waals surface area contributed by atoms with Gasteiger partial charge in [0.1, 0.15) is 0 Å². The molecular formula is C17H30IN3O2S. The highest BCUT2D eigenvalue weighted by molar-refractivity contribution is 14.0. The fourth-order valence-electron chi connectivity index (χ4n) is 2.16. The molecule has 1 aromatic heterocycles. The van der Waals surface area contributed by atoms with Crippen LogP contribution in [-0.4, -0.2) is 32.1 Å². The number of guanidine groups is 1. The smallest absolute Gasteiger partial charge is 0.305 e. The van der Waals surface area contributed by atoms with Gasteiger partial charge in [0.15, 0.2) is 5.96 Å². The van der Waals surface area contributed by atoms with Crippen LogP contribution in [0.15, 0.2) is 17.1 Å². The Morgan fingerprint density at radius 1 is 1.21 bits per heavy atom. The first kappa shape index (κ1) is 23.2. The first-order chi connectivity index (χ1) is 11.2. The summed E-state index contributed by atoms with van der Waals surface area (Å²) in [4.78, 5) is 18.1. The zero-order valence-corrected chi connectivity index (χ0v) is 18.0. The predicted molar refractivity (Wildman–Crippen MR) is 112 cm³/mol. The lowest BCUT2D eigenvalue weighted by atomic mass is 10.1. The molecule has 7 heteroatoms. The zero-order valence-electron chi connectivity index (χ0n) is 14.9. The van der Waals surface area contributed by atoms with Gasteiger partial charge in [-0.15, -0.1) is 35.3 Å². The van der Waals surface area contributed by atoms with Crippen LogP contribution in [0.2, 0.25) is 0 Å². The molecule has 0 radical (unpaired) electrons. The van der Waals surface area contributed by atoms with Crippen LogP contribution in [0.1, 0.15) is 48.8 Å². The summed E-state index contributed by atoms with van der Waals surface area (Å²) in [5.74, 6) is 0.751. The Kier molecular flexibility index (Phi) is 14.0. The molecule has 24 heavy (non-hydrogen) atoms. The van der Waals surface area contributed by atoms with Crippen molar-refractivity contribution < 1.29 is 9.53 Å². The highest BCUT2D eigenvalue weighted by Crippen LogP contribution is 2.14. The molecule has 0 bridgehead atoms. The number of carbonyl (C=O) groups is 1. The molecule has 2 N–H and O–H groups in total. The van der Waals surface area contributed by atoms with Gasteiger partial charge in [0.25, 0.3) is 0 Å². The van der Waals surface area contributed by atoms with E-state index in [1.165, 1.54) is 9.75 Å². The minimum atomic E-state index is -0.0842. The molecule has 0 aromatic carbocycles. The number of aliphatic imine (C=N–C) groups is 1. The number of nitrogens with one attached hydrogen (secondary N) is 2. The van der Waals surface area contributed by atoms with Crippen LogP contribution < -0.4 is 10.6 Å². The molecule has 5 nitrogen and oxygen atoms in total. The molecule has 0 atom stereocenters. The Hall–Kier alpha value is -0.830. The average molecular weight is 467 g/mol. The van der Waals surface area contributed by atoms with Crippen LogP contribution in [0.4, 0.5) is 0 Å². The Morgan fingerprint density at radius 3 is 2.58 bits per heavy atom. The van der Waals surface area contributed by atoms with E-state index >= 15 is 0 Å². The third kappa shape index (κ3) is 10.9. The predicted octanol–water partition coefficient (Wildman–Crippen LogP) is 3.85. The lowest BCUT2D eigenvalue weighted by molar-refractivity contribution is -0.143. The molecule has 0 aliphatic rings. The van der Waals surface area contributed by atoms with Gasteiger partial charge in [-0.1, -0.05) is 12.8 Å². The van der Waals surface area contributed by atoms with Gasteiger partial charge in [-0.2, -0.15) is 0 Å². The topological polar surface area (TPSA) is 62.7 Å². The molecule has 0 aliphatic heterocycles. The molecule has 0 saturated carbocycles. The van der Waals surface area contributed by atoms with Crippen LogP contribution in [0, 0.1) is 6.92 Å². The highest BCUT2D eigenvalue weighted by atomic mass is 127. The second-order valence-corrected chi connectivity index (χ2v) is 6.71. The number of carbonyl (C=O) groups excluding carboxylic acids is 1. The molecule has 0 spiro atoms. The van der Waals surface area contributed by atoms with E-state index < -0.39 is 0 Å². The van der Waals surface area contributed by atoms with Gasteiger partial charge in [-0.25, -0.2) is 0 Å². The van der Waals surface area contributed by atoms with Crippen molar-refractivity contribution in [1.82, 2.24) is 10.6 Å². The number of rotatable bonds is 10. The summed E-state index contributed by atoms with van der Waals surface area (Å²) >= 11 is 1.80. The van der Waals surface area contributed by atoms with Gasteiger partial charge in [-0.3, -0.25) is 9.79 Å². The van der Waals surface area contributed by atoms with E-state index in [-0.39, 0.29) is 29.9 Å². The Labute approximate surface area is 166 Å². The van der Waals surface area contributed by atoms with E-state index in [1.807, 2.05) is 6.92 Å². The van der Waals surface area contributed by atoms with Crippen molar-refractivity contribution in [3.8, 4) is 0 Å². The number of aryl methyl sites for hydroxylation is 1. The van der Waals surface area contributed by atoms with Crippen LogP contribution in [0.25, 0.3) is 0 Å². The van der Waals surface area contributed by atoms with E-state index in [0.717, 1.165) is 44.7 Å². The minimum Gasteiger partial charge on any atom is -0.466 e. The monoisotopic (exact) mass is 467 g/mol. The average Bonchev–Trinajstić information content (AvgIpc) is 2.95. The molecule has 138 valence electrons. The maximum Gasteiger partial charge on any atom is 0.305 e. The van der Waals surface area contributed by atoms with Gasteiger partial charge in [0.05, 0.1) is 13.2 Å². The zero-order chi connectivity index (χ0) is 16.9. The highest BCUT2D eigenvalue weighted by Gasteiger charge is 2.02. The Bertz CT molecular complexity index is 492. The summed E-state index contributed by atoms with van der Waals surface area (Å²) in [6.07, 6.45) is 4.67. The summed E-state index contributed by atoms with van der Waals surface area (Å²) in [7, 11) is 1.79. The number of halogens is 1. The molecule has 1 aromatic rings. The number of hydrogen-bond acceptors (Lipinski definition) is 4. The van der Waals surface area contributed by atoms with E-state index in [1.54, 1.807) is 18.4 Å². The van der Waals surface area contributed by atoms with Gasteiger partial charge in [0.2, 0.25) is 0 Å². The molecule has 0 aliphatic carbocycles. The number of thiophene rings is 1. The SMILES string of the molecule is CCOC(=O)CCCCCCNC(=NC)NCc1ccc(C)s1.I.